The number of carbonyl (C=O) groups is 2. The number of likely N-dealkylation sites (tertiary alicyclic amines) is 2. The molecule has 3 aliphatic heterocycles. The Balaban J connectivity index is 1.45. The van der Waals surface area contributed by atoms with Crippen LogP contribution >= 0.6 is 22.9 Å². The summed E-state index contributed by atoms with van der Waals surface area (Å²) in [6, 6.07) is 8.83. The van der Waals surface area contributed by atoms with E-state index in [1.165, 1.54) is 22.6 Å². The van der Waals surface area contributed by atoms with Crippen LogP contribution in [0.1, 0.15) is 36.1 Å². The minimum Gasteiger partial charge on any atom is -0.366 e. The van der Waals surface area contributed by atoms with E-state index in [-0.39, 0.29) is 11.8 Å². The number of likely N-dealkylation sites (N-methyl/N-ethyl adjacent to an activating group) is 1. The molecule has 3 aliphatic rings. The fourth-order valence-electron chi connectivity index (χ4n) is 5.71. The average molecular weight is 495 g/mol. The number of hydrogen-bond acceptors (Lipinski definition) is 6. The number of aryl methyl sites for hydroxylation is 1. The highest BCUT2D eigenvalue weighted by Gasteiger charge is 2.32. The first kappa shape index (κ1) is 22.0. The largest absolute Gasteiger partial charge is 0.366 e. The van der Waals surface area contributed by atoms with E-state index < -0.39 is 0 Å². The minimum absolute atomic E-state index is 0.0864. The summed E-state index contributed by atoms with van der Waals surface area (Å²) in [6.45, 7) is 3.59. The fourth-order valence-corrected chi connectivity index (χ4v) is 7.08. The number of anilines is 1. The molecule has 0 aliphatic carbocycles. The normalized spacial score (nSPS) is 21.2. The quantitative estimate of drug-likeness (QED) is 0.491. The second-order valence-corrected chi connectivity index (χ2v) is 11.2. The molecule has 0 unspecified atom stereocenters. The number of imide groups is 1. The number of benzene rings is 1. The van der Waals surface area contributed by atoms with Crippen molar-refractivity contribution in [1.82, 2.24) is 14.8 Å². The Labute approximate surface area is 208 Å². The van der Waals surface area contributed by atoms with Crippen LogP contribution in [0.4, 0.5) is 5.69 Å². The van der Waals surface area contributed by atoms with Crippen molar-refractivity contribution < 1.29 is 9.59 Å². The molecule has 0 bridgehead atoms. The topological polar surface area (TPSA) is 56.8 Å². The minimum atomic E-state index is -0.0864. The van der Waals surface area contributed by atoms with Crippen molar-refractivity contribution in [3.8, 4) is 11.1 Å². The summed E-state index contributed by atoms with van der Waals surface area (Å²) >= 11 is 8.27. The third-order valence-corrected chi connectivity index (χ3v) is 8.68. The van der Waals surface area contributed by atoms with Crippen LogP contribution in [0.2, 0.25) is 5.02 Å². The van der Waals surface area contributed by atoms with Crippen LogP contribution in [-0.4, -0.2) is 59.3 Å². The molecule has 2 fully saturated rings. The first-order valence-corrected chi connectivity index (χ1v) is 13.2. The van der Waals surface area contributed by atoms with E-state index in [2.05, 4.69) is 40.0 Å². The van der Waals surface area contributed by atoms with Crippen molar-refractivity contribution in [3.63, 3.8) is 0 Å². The van der Waals surface area contributed by atoms with Crippen molar-refractivity contribution in [2.45, 2.75) is 44.7 Å². The first-order valence-electron chi connectivity index (χ1n) is 12.0. The van der Waals surface area contributed by atoms with Crippen molar-refractivity contribution in [1.29, 1.82) is 0 Å². The highest BCUT2D eigenvalue weighted by atomic mass is 35.5. The molecule has 1 aromatic carbocycles. The number of aromatic nitrogens is 1. The maximum absolute atomic E-state index is 12.1. The van der Waals surface area contributed by atoms with Gasteiger partial charge in [0.25, 0.3) is 0 Å². The molecule has 5 heterocycles. The lowest BCUT2D eigenvalue weighted by Crippen LogP contribution is -2.41. The number of thiophene rings is 1. The molecule has 0 N–H and O–H groups in total. The molecule has 34 heavy (non-hydrogen) atoms. The highest BCUT2D eigenvalue weighted by Crippen LogP contribution is 2.45. The average Bonchev–Trinajstić information content (AvgIpc) is 3.52. The SMILES string of the molecule is CN1CC[C@H](N2CCCc3cc(Cl)cc(-c4ccnc5cc(CN6C(=O)CCC6=O)sc45)c32)C1. The molecule has 0 spiro atoms. The third-order valence-electron chi connectivity index (χ3n) is 7.32. The molecular formula is C26H27ClN4O2S. The Morgan fingerprint density at radius 2 is 1.91 bits per heavy atom. The van der Waals surface area contributed by atoms with Crippen molar-refractivity contribution in [2.75, 3.05) is 31.6 Å². The number of nitrogens with zero attached hydrogens (tertiary/aromatic N) is 4. The molecule has 1 atom stereocenters. The molecule has 176 valence electrons. The van der Waals surface area contributed by atoms with Crippen molar-refractivity contribution in [3.05, 3.63) is 45.9 Å². The fraction of sp³-hybridized carbons (Fsp3) is 0.423. The summed E-state index contributed by atoms with van der Waals surface area (Å²) < 4.78 is 1.08. The Kier molecular flexibility index (Phi) is 5.59. The molecule has 6 nitrogen and oxygen atoms in total. The van der Waals surface area contributed by atoms with Gasteiger partial charge in [-0.15, -0.1) is 11.3 Å². The molecule has 2 amide bonds. The second kappa shape index (κ2) is 8.63. The molecule has 2 saturated heterocycles. The number of amides is 2. The van der Waals surface area contributed by atoms with Crippen LogP contribution in [-0.2, 0) is 22.6 Å². The third kappa shape index (κ3) is 3.80. The van der Waals surface area contributed by atoms with Gasteiger partial charge in [-0.1, -0.05) is 11.6 Å². The van der Waals surface area contributed by atoms with Crippen LogP contribution in [0, 0.1) is 0 Å². The van der Waals surface area contributed by atoms with E-state index >= 15 is 0 Å². The van der Waals surface area contributed by atoms with Gasteiger partial charge in [0, 0.05) is 64.9 Å². The molecule has 6 rings (SSSR count). The number of carbonyl (C=O) groups excluding carboxylic acids is 2. The number of pyridine rings is 1. The number of halogens is 1. The van der Waals surface area contributed by atoms with Crippen molar-refractivity contribution in [2.24, 2.45) is 0 Å². The predicted molar refractivity (Wildman–Crippen MR) is 136 cm³/mol. The molecule has 3 aromatic rings. The Hall–Kier alpha value is -2.48. The summed E-state index contributed by atoms with van der Waals surface area (Å²) in [5.41, 5.74) is 5.80. The molecule has 0 radical (unpaired) electrons. The van der Waals surface area contributed by atoms with E-state index in [1.54, 1.807) is 11.3 Å². The van der Waals surface area contributed by atoms with Gasteiger partial charge in [0.2, 0.25) is 11.8 Å². The summed E-state index contributed by atoms with van der Waals surface area (Å²) in [4.78, 5) is 36.3. The van der Waals surface area contributed by atoms with Gasteiger partial charge in [0.05, 0.1) is 16.8 Å². The second-order valence-electron chi connectivity index (χ2n) is 9.62. The summed E-state index contributed by atoms with van der Waals surface area (Å²) in [6.07, 6.45) is 5.82. The summed E-state index contributed by atoms with van der Waals surface area (Å²) in [5, 5.41) is 0.758. The lowest BCUT2D eigenvalue weighted by Gasteiger charge is -2.38. The Morgan fingerprint density at radius 1 is 1.09 bits per heavy atom. The zero-order valence-electron chi connectivity index (χ0n) is 19.2. The van der Waals surface area contributed by atoms with E-state index in [0.29, 0.717) is 25.4 Å². The lowest BCUT2D eigenvalue weighted by molar-refractivity contribution is -0.138. The van der Waals surface area contributed by atoms with Gasteiger partial charge in [0.15, 0.2) is 0 Å². The molecular weight excluding hydrogens is 468 g/mol. The van der Waals surface area contributed by atoms with Gasteiger partial charge >= 0.3 is 0 Å². The van der Waals surface area contributed by atoms with Gasteiger partial charge in [-0.3, -0.25) is 19.5 Å². The van der Waals surface area contributed by atoms with Crippen LogP contribution in [0.15, 0.2) is 30.5 Å². The smallest absolute Gasteiger partial charge is 0.230 e. The number of hydrogen-bond donors (Lipinski definition) is 0. The van der Waals surface area contributed by atoms with E-state index in [9.17, 15) is 9.59 Å². The highest BCUT2D eigenvalue weighted by molar-refractivity contribution is 7.19. The standard InChI is InChI=1S/C26H27ClN4O2S/c1-29-10-7-18(14-29)30-9-2-3-16-11-17(27)12-21(25(16)30)20-6-8-28-22-13-19(34-26(20)22)15-31-23(32)4-5-24(31)33/h6,8,11-13,18H,2-5,7,9-10,14-15H2,1H3/t18-/m0/s1. The monoisotopic (exact) mass is 494 g/mol. The number of fused-ring (bicyclic) bond motifs is 2. The summed E-state index contributed by atoms with van der Waals surface area (Å²) in [5.74, 6) is -0.173. The summed E-state index contributed by atoms with van der Waals surface area (Å²) in [7, 11) is 2.20. The maximum atomic E-state index is 12.1. The van der Waals surface area contributed by atoms with Gasteiger partial charge in [-0.25, -0.2) is 0 Å². The first-order chi connectivity index (χ1) is 16.5. The van der Waals surface area contributed by atoms with Gasteiger partial charge in [-0.05, 0) is 62.7 Å². The van der Waals surface area contributed by atoms with Crippen LogP contribution in [0.3, 0.4) is 0 Å². The number of rotatable bonds is 4. The Morgan fingerprint density at radius 3 is 2.68 bits per heavy atom. The maximum Gasteiger partial charge on any atom is 0.230 e. The molecule has 2 aromatic heterocycles. The van der Waals surface area contributed by atoms with Crippen LogP contribution in [0.5, 0.6) is 0 Å². The van der Waals surface area contributed by atoms with Gasteiger partial charge < -0.3 is 9.80 Å². The zero-order chi connectivity index (χ0) is 23.4. The van der Waals surface area contributed by atoms with Crippen molar-refractivity contribution >= 4 is 50.7 Å². The van der Waals surface area contributed by atoms with Crippen LogP contribution < -0.4 is 4.90 Å². The zero-order valence-corrected chi connectivity index (χ0v) is 20.8. The Bertz CT molecular complexity index is 1290. The predicted octanol–water partition coefficient (Wildman–Crippen LogP) is 4.72. The van der Waals surface area contributed by atoms with Gasteiger partial charge in [-0.2, -0.15) is 0 Å². The van der Waals surface area contributed by atoms with E-state index in [0.717, 1.165) is 63.7 Å². The van der Waals surface area contributed by atoms with E-state index in [1.807, 2.05) is 12.3 Å². The van der Waals surface area contributed by atoms with Gasteiger partial charge in [0.1, 0.15) is 0 Å². The molecule has 0 saturated carbocycles. The van der Waals surface area contributed by atoms with E-state index in [4.69, 9.17) is 11.6 Å². The van der Waals surface area contributed by atoms with Crippen LogP contribution in [0.25, 0.3) is 21.3 Å². The molecule has 8 heteroatoms. The lowest BCUT2D eigenvalue weighted by atomic mass is 9.92.